The normalized spacial score (nSPS) is 10.8. The minimum atomic E-state index is 0.210. The fourth-order valence-electron chi connectivity index (χ4n) is 2.54. The van der Waals surface area contributed by atoms with Crippen molar-refractivity contribution in [1.29, 1.82) is 0 Å². The van der Waals surface area contributed by atoms with Crippen molar-refractivity contribution in [2.24, 2.45) is 0 Å². The first-order valence-electron chi connectivity index (χ1n) is 7.89. The maximum absolute atomic E-state index is 5.90. The number of rotatable bonds is 3. The Morgan fingerprint density at radius 3 is 2.32 bits per heavy atom. The summed E-state index contributed by atoms with van der Waals surface area (Å²) in [5.41, 5.74) is 11.0. The van der Waals surface area contributed by atoms with E-state index in [2.05, 4.69) is 20.2 Å². The van der Waals surface area contributed by atoms with E-state index in [0.717, 1.165) is 16.9 Å². The molecular weight excluding hydrogens is 312 g/mol. The molecule has 122 valence electrons. The Morgan fingerprint density at radius 1 is 0.840 bits per heavy atom. The standard InChI is InChI=1S/C19H16N6/c1-13-7-9-14(10-8-13)16-11-17(23-19(20)22-16)18-12-21-25(24-18)15-5-3-2-4-6-15/h2-12H,1H3,(H2,20,22,23). The highest BCUT2D eigenvalue weighted by atomic mass is 15.5. The summed E-state index contributed by atoms with van der Waals surface area (Å²) < 4.78 is 0. The van der Waals surface area contributed by atoms with E-state index in [1.54, 1.807) is 11.0 Å². The zero-order chi connectivity index (χ0) is 17.2. The monoisotopic (exact) mass is 328 g/mol. The Bertz CT molecular complexity index is 1010. The van der Waals surface area contributed by atoms with Crippen LogP contribution in [0.1, 0.15) is 5.56 Å². The van der Waals surface area contributed by atoms with Gasteiger partial charge in [0.15, 0.2) is 0 Å². The number of hydrogen-bond donors (Lipinski definition) is 1. The quantitative estimate of drug-likeness (QED) is 0.624. The van der Waals surface area contributed by atoms with Gasteiger partial charge in [0.1, 0.15) is 5.69 Å². The average molecular weight is 328 g/mol. The average Bonchev–Trinajstić information content (AvgIpc) is 3.13. The highest BCUT2D eigenvalue weighted by molar-refractivity contribution is 5.67. The summed E-state index contributed by atoms with van der Waals surface area (Å²) in [6.45, 7) is 2.05. The molecule has 0 aliphatic carbocycles. The SMILES string of the molecule is Cc1ccc(-c2cc(-c3cnn(-c4ccccc4)n3)nc(N)n2)cc1. The van der Waals surface area contributed by atoms with E-state index in [9.17, 15) is 0 Å². The second-order valence-corrected chi connectivity index (χ2v) is 5.72. The zero-order valence-corrected chi connectivity index (χ0v) is 13.7. The molecule has 0 unspecified atom stereocenters. The molecule has 2 aromatic carbocycles. The lowest BCUT2D eigenvalue weighted by Gasteiger charge is -2.05. The van der Waals surface area contributed by atoms with Gasteiger partial charge >= 0.3 is 0 Å². The van der Waals surface area contributed by atoms with Gasteiger partial charge in [-0.15, -0.1) is 5.10 Å². The molecule has 0 atom stereocenters. The lowest BCUT2D eigenvalue weighted by Crippen LogP contribution is -2.00. The molecule has 0 radical (unpaired) electrons. The Morgan fingerprint density at radius 2 is 1.56 bits per heavy atom. The van der Waals surface area contributed by atoms with Crippen LogP contribution >= 0.6 is 0 Å². The number of anilines is 1. The van der Waals surface area contributed by atoms with Crippen LogP contribution < -0.4 is 5.73 Å². The maximum atomic E-state index is 5.90. The molecule has 0 amide bonds. The van der Waals surface area contributed by atoms with Crippen LogP contribution in [0.4, 0.5) is 5.95 Å². The van der Waals surface area contributed by atoms with Gasteiger partial charge in [-0.25, -0.2) is 9.97 Å². The van der Waals surface area contributed by atoms with Gasteiger partial charge in [0.25, 0.3) is 0 Å². The minimum absolute atomic E-state index is 0.210. The predicted octanol–water partition coefficient (Wildman–Crippen LogP) is 3.28. The van der Waals surface area contributed by atoms with Gasteiger partial charge < -0.3 is 5.73 Å². The van der Waals surface area contributed by atoms with Crippen molar-refractivity contribution in [2.45, 2.75) is 6.92 Å². The number of hydrogen-bond acceptors (Lipinski definition) is 5. The molecule has 0 saturated heterocycles. The van der Waals surface area contributed by atoms with Crippen LogP contribution in [-0.2, 0) is 0 Å². The molecule has 0 aliphatic rings. The van der Waals surface area contributed by atoms with E-state index < -0.39 is 0 Å². The van der Waals surface area contributed by atoms with E-state index in [0.29, 0.717) is 11.4 Å². The number of nitrogens with zero attached hydrogens (tertiary/aromatic N) is 5. The number of nitrogens with two attached hydrogens (primary N) is 1. The first-order valence-corrected chi connectivity index (χ1v) is 7.89. The highest BCUT2D eigenvalue weighted by Crippen LogP contribution is 2.23. The number of benzene rings is 2. The molecule has 0 aliphatic heterocycles. The number of aryl methyl sites for hydroxylation is 1. The van der Waals surface area contributed by atoms with Gasteiger partial charge in [-0.2, -0.15) is 9.90 Å². The summed E-state index contributed by atoms with van der Waals surface area (Å²) in [7, 11) is 0. The summed E-state index contributed by atoms with van der Waals surface area (Å²) >= 11 is 0. The zero-order valence-electron chi connectivity index (χ0n) is 13.7. The van der Waals surface area contributed by atoms with E-state index >= 15 is 0 Å². The van der Waals surface area contributed by atoms with Crippen molar-refractivity contribution in [3.63, 3.8) is 0 Å². The molecular formula is C19H16N6. The van der Waals surface area contributed by atoms with Gasteiger partial charge in [0.05, 0.1) is 23.3 Å². The molecule has 25 heavy (non-hydrogen) atoms. The van der Waals surface area contributed by atoms with E-state index in [-0.39, 0.29) is 5.95 Å². The van der Waals surface area contributed by atoms with Crippen LogP contribution in [0.25, 0.3) is 28.3 Å². The molecule has 0 saturated carbocycles. The predicted molar refractivity (Wildman–Crippen MR) is 97.0 cm³/mol. The number of nitrogen functional groups attached to an aromatic ring is 1. The lowest BCUT2D eigenvalue weighted by atomic mass is 10.1. The largest absolute Gasteiger partial charge is 0.368 e. The molecule has 4 rings (SSSR count). The molecule has 2 N–H and O–H groups in total. The van der Waals surface area contributed by atoms with Crippen LogP contribution in [0.15, 0.2) is 66.9 Å². The van der Waals surface area contributed by atoms with Crippen molar-refractivity contribution in [3.05, 3.63) is 72.4 Å². The van der Waals surface area contributed by atoms with Crippen molar-refractivity contribution in [2.75, 3.05) is 5.73 Å². The van der Waals surface area contributed by atoms with Gasteiger partial charge in [0, 0.05) is 5.56 Å². The Kier molecular flexibility index (Phi) is 3.70. The third-order valence-electron chi connectivity index (χ3n) is 3.83. The molecule has 6 nitrogen and oxygen atoms in total. The van der Waals surface area contributed by atoms with Gasteiger partial charge in [0.2, 0.25) is 5.95 Å². The molecule has 0 fully saturated rings. The summed E-state index contributed by atoms with van der Waals surface area (Å²) in [4.78, 5) is 10.2. The molecule has 2 heterocycles. The molecule has 4 aromatic rings. The van der Waals surface area contributed by atoms with Gasteiger partial charge in [-0.3, -0.25) is 0 Å². The van der Waals surface area contributed by atoms with Crippen LogP contribution in [0.2, 0.25) is 0 Å². The highest BCUT2D eigenvalue weighted by Gasteiger charge is 2.11. The van der Waals surface area contributed by atoms with Crippen LogP contribution in [0.5, 0.6) is 0 Å². The van der Waals surface area contributed by atoms with Crippen LogP contribution in [0, 0.1) is 6.92 Å². The molecule has 2 aromatic heterocycles. The van der Waals surface area contributed by atoms with Crippen molar-refractivity contribution in [3.8, 4) is 28.3 Å². The second kappa shape index (κ2) is 6.16. The third kappa shape index (κ3) is 3.10. The van der Waals surface area contributed by atoms with Crippen molar-refractivity contribution < 1.29 is 0 Å². The first-order chi connectivity index (χ1) is 12.2. The molecule has 6 heteroatoms. The Hall–Kier alpha value is -3.54. The number of para-hydroxylation sites is 1. The lowest BCUT2D eigenvalue weighted by molar-refractivity contribution is 0.753. The van der Waals surface area contributed by atoms with E-state index in [1.807, 2.05) is 67.6 Å². The van der Waals surface area contributed by atoms with Crippen molar-refractivity contribution in [1.82, 2.24) is 25.0 Å². The Labute approximate surface area is 145 Å². The summed E-state index contributed by atoms with van der Waals surface area (Å²) in [6.07, 6.45) is 1.67. The fraction of sp³-hybridized carbons (Fsp3) is 0.0526. The van der Waals surface area contributed by atoms with E-state index in [1.165, 1.54) is 5.56 Å². The number of aromatic nitrogens is 5. The van der Waals surface area contributed by atoms with Crippen LogP contribution in [0.3, 0.4) is 0 Å². The minimum Gasteiger partial charge on any atom is -0.368 e. The third-order valence-corrected chi connectivity index (χ3v) is 3.83. The van der Waals surface area contributed by atoms with Gasteiger partial charge in [-0.05, 0) is 25.1 Å². The molecule has 0 bridgehead atoms. The fourth-order valence-corrected chi connectivity index (χ4v) is 2.54. The summed E-state index contributed by atoms with van der Waals surface area (Å²) in [6, 6.07) is 19.7. The topological polar surface area (TPSA) is 82.5 Å². The summed E-state index contributed by atoms with van der Waals surface area (Å²) in [5.74, 6) is 0.210. The molecule has 0 spiro atoms. The Balaban J connectivity index is 1.74. The smallest absolute Gasteiger partial charge is 0.221 e. The summed E-state index contributed by atoms with van der Waals surface area (Å²) in [5, 5.41) is 8.81. The van der Waals surface area contributed by atoms with Crippen LogP contribution in [-0.4, -0.2) is 25.0 Å². The van der Waals surface area contributed by atoms with E-state index in [4.69, 9.17) is 5.73 Å². The first kappa shape index (κ1) is 15.0. The van der Waals surface area contributed by atoms with Crippen molar-refractivity contribution >= 4 is 5.95 Å². The van der Waals surface area contributed by atoms with Gasteiger partial charge in [-0.1, -0.05) is 48.0 Å². The maximum Gasteiger partial charge on any atom is 0.221 e. The second-order valence-electron chi connectivity index (χ2n) is 5.72.